The van der Waals surface area contributed by atoms with E-state index >= 15 is 0 Å². The lowest BCUT2D eigenvalue weighted by atomic mass is 9.83. The molecule has 3 heteroatoms. The maximum Gasteiger partial charge on any atom is 0.213 e. The number of aromatic nitrogens is 1. The highest BCUT2D eigenvalue weighted by Crippen LogP contribution is 2.29. The lowest BCUT2D eigenvalue weighted by Crippen LogP contribution is -2.16. The second kappa shape index (κ2) is 5.70. The molecule has 0 aliphatic heterocycles. The van der Waals surface area contributed by atoms with Crippen molar-refractivity contribution in [3.05, 3.63) is 23.9 Å². The Kier molecular flexibility index (Phi) is 3.79. The molecule has 1 N–H and O–H groups in total. The number of hydrogen-bond acceptors (Lipinski definition) is 3. The van der Waals surface area contributed by atoms with E-state index in [2.05, 4.69) is 16.4 Å². The molecule has 0 saturated heterocycles. The van der Waals surface area contributed by atoms with Gasteiger partial charge in [0.1, 0.15) is 0 Å². The van der Waals surface area contributed by atoms with E-state index in [1.54, 1.807) is 0 Å². The van der Waals surface area contributed by atoms with Gasteiger partial charge in [0.15, 0.2) is 0 Å². The molecule has 0 radical (unpaired) electrons. The van der Waals surface area contributed by atoms with Crippen LogP contribution in [0.4, 0.5) is 0 Å². The largest absolute Gasteiger partial charge is 0.478 e. The van der Waals surface area contributed by atoms with Crippen molar-refractivity contribution in [2.45, 2.75) is 51.1 Å². The zero-order valence-corrected chi connectivity index (χ0v) is 10.9. The third-order valence-corrected chi connectivity index (χ3v) is 3.97. The monoisotopic (exact) mass is 246 g/mol. The molecule has 18 heavy (non-hydrogen) atoms. The topological polar surface area (TPSA) is 34.1 Å². The maximum absolute atomic E-state index is 5.67. The van der Waals surface area contributed by atoms with Gasteiger partial charge in [0.05, 0.1) is 6.61 Å². The molecule has 1 aromatic heterocycles. The van der Waals surface area contributed by atoms with Crippen molar-refractivity contribution >= 4 is 0 Å². The summed E-state index contributed by atoms with van der Waals surface area (Å²) in [7, 11) is 0. The van der Waals surface area contributed by atoms with Crippen molar-refractivity contribution in [2.24, 2.45) is 5.92 Å². The third kappa shape index (κ3) is 3.45. The SMILES string of the molecule is c1cc(OCCC2CCC2)ncc1CNC1CC1. The molecule has 98 valence electrons. The normalized spacial score (nSPS) is 19.6. The minimum Gasteiger partial charge on any atom is -0.478 e. The number of ether oxygens (including phenoxy) is 1. The van der Waals surface area contributed by atoms with E-state index in [1.807, 2.05) is 12.3 Å². The molecule has 0 spiro atoms. The zero-order chi connectivity index (χ0) is 12.2. The molecular formula is C15H22N2O. The van der Waals surface area contributed by atoms with Crippen molar-refractivity contribution in [3.63, 3.8) is 0 Å². The lowest BCUT2D eigenvalue weighted by Gasteiger charge is -2.24. The number of hydrogen-bond donors (Lipinski definition) is 1. The average Bonchev–Trinajstić information content (AvgIpc) is 3.15. The summed E-state index contributed by atoms with van der Waals surface area (Å²) in [5.41, 5.74) is 1.24. The molecule has 0 aromatic carbocycles. The van der Waals surface area contributed by atoms with E-state index in [1.165, 1.54) is 44.1 Å². The fourth-order valence-electron chi connectivity index (χ4n) is 2.26. The van der Waals surface area contributed by atoms with Crippen LogP contribution >= 0.6 is 0 Å². The molecule has 2 aliphatic carbocycles. The van der Waals surface area contributed by atoms with Gasteiger partial charge in [0.25, 0.3) is 0 Å². The summed E-state index contributed by atoms with van der Waals surface area (Å²) in [5.74, 6) is 1.68. The molecule has 0 atom stereocenters. The molecule has 2 saturated carbocycles. The predicted octanol–water partition coefficient (Wildman–Crippen LogP) is 2.90. The van der Waals surface area contributed by atoms with E-state index in [-0.39, 0.29) is 0 Å². The molecule has 2 aliphatic rings. The van der Waals surface area contributed by atoms with E-state index in [0.717, 1.165) is 31.0 Å². The molecule has 3 rings (SSSR count). The summed E-state index contributed by atoms with van der Waals surface area (Å²) >= 11 is 0. The van der Waals surface area contributed by atoms with Crippen LogP contribution in [-0.4, -0.2) is 17.6 Å². The average molecular weight is 246 g/mol. The Bertz CT molecular complexity index is 369. The van der Waals surface area contributed by atoms with E-state index in [9.17, 15) is 0 Å². The maximum atomic E-state index is 5.67. The van der Waals surface area contributed by atoms with Gasteiger partial charge < -0.3 is 10.1 Å². The van der Waals surface area contributed by atoms with Crippen LogP contribution < -0.4 is 10.1 Å². The minimum absolute atomic E-state index is 0.753. The number of nitrogens with one attached hydrogen (secondary N) is 1. The molecule has 3 nitrogen and oxygen atoms in total. The van der Waals surface area contributed by atoms with Gasteiger partial charge in [-0.05, 0) is 30.7 Å². The fraction of sp³-hybridized carbons (Fsp3) is 0.667. The van der Waals surface area contributed by atoms with Crippen molar-refractivity contribution in [1.29, 1.82) is 0 Å². The number of pyridine rings is 1. The zero-order valence-electron chi connectivity index (χ0n) is 10.9. The van der Waals surface area contributed by atoms with E-state index < -0.39 is 0 Å². The van der Waals surface area contributed by atoms with Crippen LogP contribution in [0, 0.1) is 5.92 Å². The molecule has 1 aromatic rings. The molecule has 0 amide bonds. The van der Waals surface area contributed by atoms with Crippen molar-refractivity contribution < 1.29 is 4.74 Å². The highest BCUT2D eigenvalue weighted by Gasteiger charge is 2.20. The first-order valence-electron chi connectivity index (χ1n) is 7.21. The molecule has 0 bridgehead atoms. The van der Waals surface area contributed by atoms with E-state index in [4.69, 9.17) is 4.74 Å². The molecule has 1 heterocycles. The van der Waals surface area contributed by atoms with Crippen LogP contribution in [0.3, 0.4) is 0 Å². The van der Waals surface area contributed by atoms with Gasteiger partial charge in [-0.15, -0.1) is 0 Å². The minimum atomic E-state index is 0.753. The van der Waals surface area contributed by atoms with Crippen LogP contribution in [-0.2, 0) is 6.54 Å². The van der Waals surface area contributed by atoms with Gasteiger partial charge in [-0.1, -0.05) is 25.3 Å². The summed E-state index contributed by atoms with van der Waals surface area (Å²) in [6.45, 7) is 1.75. The van der Waals surface area contributed by atoms with Crippen molar-refractivity contribution in [3.8, 4) is 5.88 Å². The van der Waals surface area contributed by atoms with Crippen molar-refractivity contribution in [2.75, 3.05) is 6.61 Å². The number of rotatable bonds is 7. The highest BCUT2D eigenvalue weighted by molar-refractivity contribution is 5.17. The van der Waals surface area contributed by atoms with Crippen LogP contribution in [0.25, 0.3) is 0 Å². The second-order valence-electron chi connectivity index (χ2n) is 5.59. The van der Waals surface area contributed by atoms with Crippen LogP contribution in [0.1, 0.15) is 44.1 Å². The number of nitrogens with zero attached hydrogens (tertiary/aromatic N) is 1. The smallest absolute Gasteiger partial charge is 0.213 e. The van der Waals surface area contributed by atoms with Crippen LogP contribution in [0.5, 0.6) is 5.88 Å². The standard InChI is InChI=1S/C15H22N2O/c1-2-12(3-1)8-9-18-15-7-4-13(11-17-15)10-16-14-5-6-14/h4,7,11-12,14,16H,1-3,5-6,8-10H2. The quantitative estimate of drug-likeness (QED) is 0.803. The lowest BCUT2D eigenvalue weighted by molar-refractivity contribution is 0.217. The predicted molar refractivity (Wildman–Crippen MR) is 71.6 cm³/mol. The first-order chi connectivity index (χ1) is 8.90. The van der Waals surface area contributed by atoms with Crippen LogP contribution in [0.2, 0.25) is 0 Å². The first-order valence-corrected chi connectivity index (χ1v) is 7.21. The Labute approximate surface area is 109 Å². The Hall–Kier alpha value is -1.09. The van der Waals surface area contributed by atoms with Gasteiger partial charge in [-0.2, -0.15) is 0 Å². The fourth-order valence-corrected chi connectivity index (χ4v) is 2.26. The molecular weight excluding hydrogens is 224 g/mol. The molecule has 2 fully saturated rings. The third-order valence-electron chi connectivity index (χ3n) is 3.97. The summed E-state index contributed by atoms with van der Waals surface area (Å²) < 4.78 is 5.67. The first kappa shape index (κ1) is 12.0. The Balaban J connectivity index is 1.38. The van der Waals surface area contributed by atoms with Gasteiger partial charge in [-0.25, -0.2) is 4.98 Å². The summed E-state index contributed by atoms with van der Waals surface area (Å²) in [5, 5.41) is 3.48. The summed E-state index contributed by atoms with van der Waals surface area (Å²) in [6, 6.07) is 4.86. The molecule has 0 unspecified atom stereocenters. The van der Waals surface area contributed by atoms with Gasteiger partial charge in [0, 0.05) is 24.8 Å². The van der Waals surface area contributed by atoms with Gasteiger partial charge in [0.2, 0.25) is 5.88 Å². The van der Waals surface area contributed by atoms with Gasteiger partial charge in [-0.3, -0.25) is 0 Å². The van der Waals surface area contributed by atoms with Gasteiger partial charge >= 0.3 is 0 Å². The van der Waals surface area contributed by atoms with Crippen LogP contribution in [0.15, 0.2) is 18.3 Å². The van der Waals surface area contributed by atoms with Crippen molar-refractivity contribution in [1.82, 2.24) is 10.3 Å². The Morgan fingerprint density at radius 3 is 2.72 bits per heavy atom. The van der Waals surface area contributed by atoms with E-state index in [0.29, 0.717) is 0 Å². The second-order valence-corrected chi connectivity index (χ2v) is 5.59. The highest BCUT2D eigenvalue weighted by atomic mass is 16.5. The Morgan fingerprint density at radius 1 is 1.22 bits per heavy atom. The Morgan fingerprint density at radius 2 is 2.11 bits per heavy atom. The summed E-state index contributed by atoms with van der Waals surface area (Å²) in [6.07, 6.45) is 9.96. The summed E-state index contributed by atoms with van der Waals surface area (Å²) in [4.78, 5) is 4.36.